The number of hydrogen-bond donors (Lipinski definition) is 0. The predicted octanol–water partition coefficient (Wildman–Crippen LogP) is 5.16. The number of para-hydroxylation sites is 1. The molecule has 2 aromatic carbocycles. The fourth-order valence-corrected chi connectivity index (χ4v) is 2.84. The zero-order chi connectivity index (χ0) is 21.2. The molecular formula is C23H23ClO5. The highest BCUT2D eigenvalue weighted by molar-refractivity contribution is 6.31. The van der Waals surface area contributed by atoms with E-state index in [1.165, 1.54) is 6.08 Å². The van der Waals surface area contributed by atoms with Gasteiger partial charge in [-0.1, -0.05) is 68.8 Å². The second-order valence-electron chi connectivity index (χ2n) is 7.95. The lowest BCUT2D eigenvalue weighted by atomic mass is 9.85. The van der Waals surface area contributed by atoms with Gasteiger partial charge in [0.2, 0.25) is 0 Å². The van der Waals surface area contributed by atoms with Crippen LogP contribution in [0.5, 0.6) is 5.75 Å². The van der Waals surface area contributed by atoms with E-state index in [4.69, 9.17) is 25.8 Å². The molecule has 1 fully saturated rings. The Kier molecular flexibility index (Phi) is 5.71. The Bertz CT molecular complexity index is 951. The molecule has 1 heterocycles. The topological polar surface area (TPSA) is 61.8 Å². The van der Waals surface area contributed by atoms with E-state index in [9.17, 15) is 9.59 Å². The van der Waals surface area contributed by atoms with E-state index in [2.05, 4.69) is 0 Å². The molecule has 3 rings (SSSR count). The summed E-state index contributed by atoms with van der Waals surface area (Å²) in [5.74, 6) is -2.28. The molecule has 0 unspecified atom stereocenters. The van der Waals surface area contributed by atoms with Gasteiger partial charge in [0.25, 0.3) is 5.79 Å². The lowest BCUT2D eigenvalue weighted by molar-refractivity contribution is -0.261. The van der Waals surface area contributed by atoms with E-state index in [0.29, 0.717) is 16.3 Å². The van der Waals surface area contributed by atoms with E-state index in [-0.39, 0.29) is 12.2 Å². The van der Waals surface area contributed by atoms with Crippen molar-refractivity contribution in [3.8, 4) is 5.75 Å². The molecule has 0 aliphatic carbocycles. The molecule has 0 saturated carbocycles. The largest absolute Gasteiger partial charge is 0.488 e. The van der Waals surface area contributed by atoms with Gasteiger partial charge >= 0.3 is 11.9 Å². The molecule has 0 aromatic heterocycles. The van der Waals surface area contributed by atoms with Crippen molar-refractivity contribution < 1.29 is 23.8 Å². The molecule has 152 valence electrons. The Balaban J connectivity index is 1.85. The summed E-state index contributed by atoms with van der Waals surface area (Å²) in [7, 11) is 0. The smallest absolute Gasteiger partial charge is 0.348 e. The van der Waals surface area contributed by atoms with Crippen LogP contribution in [0.25, 0.3) is 6.08 Å². The van der Waals surface area contributed by atoms with Gasteiger partial charge in [0, 0.05) is 28.5 Å². The van der Waals surface area contributed by atoms with Crippen molar-refractivity contribution in [2.45, 2.75) is 40.1 Å². The molecule has 2 aromatic rings. The Morgan fingerprint density at radius 2 is 1.59 bits per heavy atom. The number of ether oxygens (including phenoxy) is 3. The minimum absolute atomic E-state index is 0.180. The summed E-state index contributed by atoms with van der Waals surface area (Å²) < 4.78 is 16.8. The van der Waals surface area contributed by atoms with Crippen molar-refractivity contribution in [1.82, 2.24) is 0 Å². The van der Waals surface area contributed by atoms with E-state index in [1.807, 2.05) is 39.0 Å². The van der Waals surface area contributed by atoms with Gasteiger partial charge < -0.3 is 14.2 Å². The second kappa shape index (κ2) is 7.91. The monoisotopic (exact) mass is 414 g/mol. The third-order valence-electron chi connectivity index (χ3n) is 4.94. The van der Waals surface area contributed by atoms with Crippen LogP contribution in [-0.2, 0) is 25.7 Å². The number of benzene rings is 2. The fraction of sp³-hybridized carbons (Fsp3) is 0.304. The van der Waals surface area contributed by atoms with Crippen molar-refractivity contribution in [2.75, 3.05) is 0 Å². The maximum Gasteiger partial charge on any atom is 0.348 e. The van der Waals surface area contributed by atoms with Crippen LogP contribution in [0, 0.1) is 5.41 Å². The highest BCUT2D eigenvalue weighted by atomic mass is 35.5. The zero-order valence-electron chi connectivity index (χ0n) is 16.8. The Labute approximate surface area is 175 Å². The first-order valence-electron chi connectivity index (χ1n) is 9.24. The molecule has 0 spiro atoms. The van der Waals surface area contributed by atoms with Crippen LogP contribution in [0.4, 0.5) is 0 Å². The van der Waals surface area contributed by atoms with Gasteiger partial charge in [-0.15, -0.1) is 0 Å². The molecule has 0 radical (unpaired) electrons. The number of rotatable bonds is 4. The van der Waals surface area contributed by atoms with Crippen LogP contribution in [0.3, 0.4) is 0 Å². The quantitative estimate of drug-likeness (QED) is 0.392. The standard InChI is InChI=1S/C23H23ClO5/c1-22(2,3)23(4)28-20(25)17(21(26)29-23)13-15-9-6-8-12-19(15)27-14-16-10-5-7-11-18(16)24/h5-13H,14H2,1-4H3. The van der Waals surface area contributed by atoms with Crippen LogP contribution >= 0.6 is 11.6 Å². The van der Waals surface area contributed by atoms with Gasteiger partial charge in [0.1, 0.15) is 17.9 Å². The van der Waals surface area contributed by atoms with Crippen molar-refractivity contribution in [3.05, 3.63) is 70.3 Å². The first kappa shape index (κ1) is 20.9. The summed E-state index contributed by atoms with van der Waals surface area (Å²) in [4.78, 5) is 25.1. The van der Waals surface area contributed by atoms with Crippen LogP contribution in [0.1, 0.15) is 38.8 Å². The maximum atomic E-state index is 12.6. The first-order valence-corrected chi connectivity index (χ1v) is 9.62. The van der Waals surface area contributed by atoms with Crippen molar-refractivity contribution >= 4 is 29.6 Å². The molecule has 6 heteroatoms. The van der Waals surface area contributed by atoms with E-state index < -0.39 is 23.1 Å². The van der Waals surface area contributed by atoms with Gasteiger partial charge in [-0.25, -0.2) is 9.59 Å². The molecular weight excluding hydrogens is 392 g/mol. The average molecular weight is 415 g/mol. The second-order valence-corrected chi connectivity index (χ2v) is 8.36. The number of cyclic esters (lactones) is 2. The van der Waals surface area contributed by atoms with Crippen molar-refractivity contribution in [1.29, 1.82) is 0 Å². The van der Waals surface area contributed by atoms with Crippen molar-refractivity contribution in [3.63, 3.8) is 0 Å². The Hall–Kier alpha value is -2.79. The molecule has 0 atom stereocenters. The highest BCUT2D eigenvalue weighted by Gasteiger charge is 2.50. The molecule has 0 amide bonds. The molecule has 1 aliphatic heterocycles. The van der Waals surface area contributed by atoms with Crippen molar-refractivity contribution in [2.24, 2.45) is 5.41 Å². The Morgan fingerprint density at radius 3 is 2.21 bits per heavy atom. The van der Waals surface area contributed by atoms with Gasteiger partial charge in [-0.3, -0.25) is 0 Å². The third kappa shape index (κ3) is 4.46. The summed E-state index contributed by atoms with van der Waals surface area (Å²) in [6, 6.07) is 14.5. The molecule has 5 nitrogen and oxygen atoms in total. The molecule has 0 N–H and O–H groups in total. The predicted molar refractivity (Wildman–Crippen MR) is 110 cm³/mol. The van der Waals surface area contributed by atoms with E-state index in [0.717, 1.165) is 5.56 Å². The summed E-state index contributed by atoms with van der Waals surface area (Å²) >= 11 is 6.17. The number of carbonyl (C=O) groups is 2. The SMILES string of the molecule is CC(C)(C)C1(C)OC(=O)C(=Cc2ccccc2OCc2ccccc2Cl)C(=O)O1. The van der Waals surface area contributed by atoms with Gasteiger partial charge in [0.15, 0.2) is 0 Å². The summed E-state index contributed by atoms with van der Waals surface area (Å²) in [5.41, 5.74) is 0.636. The third-order valence-corrected chi connectivity index (χ3v) is 5.31. The first-order chi connectivity index (χ1) is 13.6. The lowest BCUT2D eigenvalue weighted by Gasteiger charge is -2.42. The van der Waals surface area contributed by atoms with Gasteiger partial charge in [-0.05, 0) is 18.2 Å². The van der Waals surface area contributed by atoms with Crippen LogP contribution in [-0.4, -0.2) is 17.7 Å². The fourth-order valence-electron chi connectivity index (χ4n) is 2.65. The molecule has 1 aliphatic rings. The highest BCUT2D eigenvalue weighted by Crippen LogP contribution is 2.39. The lowest BCUT2D eigenvalue weighted by Crippen LogP contribution is -2.52. The number of esters is 2. The number of hydrogen-bond acceptors (Lipinski definition) is 5. The number of carbonyl (C=O) groups excluding carboxylic acids is 2. The van der Waals surface area contributed by atoms with E-state index >= 15 is 0 Å². The Morgan fingerprint density at radius 1 is 1.00 bits per heavy atom. The average Bonchev–Trinajstić information content (AvgIpc) is 2.64. The van der Waals surface area contributed by atoms with Crippen LogP contribution in [0.2, 0.25) is 5.02 Å². The van der Waals surface area contributed by atoms with Crippen LogP contribution < -0.4 is 4.74 Å². The summed E-state index contributed by atoms with van der Waals surface area (Å²) in [5, 5.41) is 0.601. The zero-order valence-corrected chi connectivity index (χ0v) is 17.6. The normalized spacial score (nSPS) is 19.4. The molecule has 1 saturated heterocycles. The minimum atomic E-state index is -1.33. The maximum absolute atomic E-state index is 12.6. The van der Waals surface area contributed by atoms with Gasteiger partial charge in [0.05, 0.1) is 0 Å². The molecule has 29 heavy (non-hydrogen) atoms. The summed E-state index contributed by atoms with van der Waals surface area (Å²) in [6.07, 6.45) is 1.43. The van der Waals surface area contributed by atoms with E-state index in [1.54, 1.807) is 37.3 Å². The minimum Gasteiger partial charge on any atom is -0.488 e. The number of halogens is 1. The summed E-state index contributed by atoms with van der Waals surface area (Å²) in [6.45, 7) is 7.33. The molecule has 0 bridgehead atoms. The van der Waals surface area contributed by atoms with Gasteiger partial charge in [-0.2, -0.15) is 0 Å². The van der Waals surface area contributed by atoms with Crippen LogP contribution in [0.15, 0.2) is 54.1 Å².